The van der Waals surface area contributed by atoms with E-state index in [1.807, 2.05) is 13.8 Å². The minimum absolute atomic E-state index is 0.115. The predicted molar refractivity (Wildman–Crippen MR) is 97.3 cm³/mol. The van der Waals surface area contributed by atoms with Gasteiger partial charge in [-0.05, 0) is 34.1 Å². The van der Waals surface area contributed by atoms with Gasteiger partial charge in [0.25, 0.3) is 0 Å². The smallest absolute Gasteiger partial charge is 0.313 e. The van der Waals surface area contributed by atoms with E-state index >= 15 is 0 Å². The van der Waals surface area contributed by atoms with E-state index in [4.69, 9.17) is 28.4 Å². The van der Waals surface area contributed by atoms with Crippen LogP contribution in [-0.4, -0.2) is 60.6 Å². The molecule has 8 nitrogen and oxygen atoms in total. The molecule has 0 aromatic rings. The molecule has 3 aliphatic heterocycles. The molecule has 0 amide bonds. The van der Waals surface area contributed by atoms with Gasteiger partial charge in [-0.1, -0.05) is 19.8 Å². The summed E-state index contributed by atoms with van der Waals surface area (Å²) in [6.45, 7) is 9.33. The molecule has 0 radical (unpaired) electrons. The lowest BCUT2D eigenvalue weighted by Gasteiger charge is -2.40. The quantitative estimate of drug-likeness (QED) is 0.349. The number of hydrogen-bond donors (Lipinski definition) is 0. The maximum Gasteiger partial charge on any atom is 0.313 e. The Morgan fingerprint density at radius 1 is 1.04 bits per heavy atom. The molecule has 0 saturated carbocycles. The number of ketones is 1. The summed E-state index contributed by atoms with van der Waals surface area (Å²) >= 11 is 0. The third-order valence-corrected chi connectivity index (χ3v) is 5.11. The molecule has 3 rings (SSSR count). The molecular formula is C20H32O8. The molecule has 3 heterocycles. The summed E-state index contributed by atoms with van der Waals surface area (Å²) in [5, 5.41) is 0. The number of carbonyl (C=O) groups excluding carboxylic acids is 2. The molecule has 160 valence electrons. The van der Waals surface area contributed by atoms with E-state index in [1.165, 1.54) is 0 Å². The van der Waals surface area contributed by atoms with Crippen molar-refractivity contribution in [3.8, 4) is 0 Å². The molecule has 0 bridgehead atoms. The summed E-state index contributed by atoms with van der Waals surface area (Å²) in [6, 6.07) is 0. The van der Waals surface area contributed by atoms with Crippen LogP contribution < -0.4 is 0 Å². The van der Waals surface area contributed by atoms with Crippen molar-refractivity contribution in [1.29, 1.82) is 0 Å². The lowest BCUT2D eigenvalue weighted by atomic mass is 9.97. The van der Waals surface area contributed by atoms with Gasteiger partial charge in [0.05, 0.1) is 6.61 Å². The van der Waals surface area contributed by atoms with E-state index in [2.05, 4.69) is 6.92 Å². The monoisotopic (exact) mass is 400 g/mol. The minimum atomic E-state index is -1.28. The van der Waals surface area contributed by atoms with Gasteiger partial charge in [-0.25, -0.2) is 0 Å². The number of carbonyl (C=O) groups is 2. The zero-order chi connectivity index (χ0) is 20.6. The van der Waals surface area contributed by atoms with Crippen molar-refractivity contribution in [3.05, 3.63) is 0 Å². The first-order valence-electron chi connectivity index (χ1n) is 10.1. The van der Waals surface area contributed by atoms with Gasteiger partial charge >= 0.3 is 5.97 Å². The van der Waals surface area contributed by atoms with Crippen LogP contribution in [0.5, 0.6) is 0 Å². The first kappa shape index (κ1) is 21.6. The van der Waals surface area contributed by atoms with Crippen molar-refractivity contribution in [2.75, 3.05) is 13.2 Å². The van der Waals surface area contributed by atoms with Gasteiger partial charge in [0.15, 0.2) is 11.6 Å². The largest absolute Gasteiger partial charge is 0.459 e. The van der Waals surface area contributed by atoms with Gasteiger partial charge in [0, 0.05) is 6.42 Å². The second-order valence-electron chi connectivity index (χ2n) is 8.64. The fourth-order valence-electron chi connectivity index (χ4n) is 4.00. The number of esters is 1. The number of rotatable bonds is 8. The molecule has 0 aromatic heterocycles. The van der Waals surface area contributed by atoms with Crippen LogP contribution in [0.15, 0.2) is 0 Å². The Labute approximate surface area is 166 Å². The standard InChI is InChI=1S/C20H32O8/c1-6-7-8-9-13(21)10-15(22)23-12-20-17(27-19(4,5)28-20)16-14(11-24-20)25-18(2,3)26-16/h14,16-17H,6-12H2,1-5H3/t14-,16+,17+,20+/m1/s1. The average Bonchev–Trinajstić information content (AvgIpc) is 3.04. The molecule has 3 saturated heterocycles. The van der Waals surface area contributed by atoms with Gasteiger partial charge in [-0.15, -0.1) is 0 Å². The van der Waals surface area contributed by atoms with Gasteiger partial charge in [0.2, 0.25) is 5.79 Å². The molecule has 28 heavy (non-hydrogen) atoms. The topological polar surface area (TPSA) is 89.5 Å². The molecule has 3 aliphatic rings. The lowest BCUT2D eigenvalue weighted by Crippen LogP contribution is -2.60. The molecule has 0 aliphatic carbocycles. The van der Waals surface area contributed by atoms with Crippen molar-refractivity contribution in [1.82, 2.24) is 0 Å². The maximum atomic E-state index is 12.2. The predicted octanol–water partition coefficient (Wildman–Crippen LogP) is 2.47. The van der Waals surface area contributed by atoms with Gasteiger partial charge in [-0.2, -0.15) is 0 Å². The van der Waals surface area contributed by atoms with Crippen LogP contribution in [0.25, 0.3) is 0 Å². The highest BCUT2D eigenvalue weighted by atomic mass is 16.9. The van der Waals surface area contributed by atoms with Crippen LogP contribution in [0.2, 0.25) is 0 Å². The van der Waals surface area contributed by atoms with Crippen LogP contribution in [0.1, 0.15) is 66.7 Å². The van der Waals surface area contributed by atoms with Crippen LogP contribution >= 0.6 is 0 Å². The Kier molecular flexibility index (Phi) is 6.18. The van der Waals surface area contributed by atoms with E-state index in [0.29, 0.717) is 6.42 Å². The number of hydrogen-bond acceptors (Lipinski definition) is 8. The molecule has 4 atom stereocenters. The number of unbranched alkanes of at least 4 members (excludes halogenated alkanes) is 2. The third-order valence-electron chi connectivity index (χ3n) is 5.11. The average molecular weight is 400 g/mol. The highest BCUT2D eigenvalue weighted by Crippen LogP contribution is 2.47. The fraction of sp³-hybridized carbons (Fsp3) is 0.900. The third kappa shape index (κ3) is 4.74. The van der Waals surface area contributed by atoms with Crippen LogP contribution in [0.4, 0.5) is 0 Å². The summed E-state index contributed by atoms with van der Waals surface area (Å²) in [5.41, 5.74) is 0. The van der Waals surface area contributed by atoms with E-state index in [9.17, 15) is 9.59 Å². The first-order chi connectivity index (χ1) is 13.1. The second-order valence-corrected chi connectivity index (χ2v) is 8.64. The highest BCUT2D eigenvalue weighted by Gasteiger charge is 2.65. The van der Waals surface area contributed by atoms with Crippen molar-refractivity contribution in [3.63, 3.8) is 0 Å². The number of fused-ring (bicyclic) bond motifs is 3. The van der Waals surface area contributed by atoms with Crippen molar-refractivity contribution in [2.45, 2.75) is 102 Å². The Morgan fingerprint density at radius 3 is 2.50 bits per heavy atom. The maximum absolute atomic E-state index is 12.2. The molecule has 0 aromatic carbocycles. The Hall–Kier alpha value is -1.06. The minimum Gasteiger partial charge on any atom is -0.459 e. The normalized spacial score (nSPS) is 35.2. The summed E-state index contributed by atoms with van der Waals surface area (Å²) in [7, 11) is 0. The Morgan fingerprint density at radius 2 is 1.79 bits per heavy atom. The van der Waals surface area contributed by atoms with Crippen LogP contribution in [-0.2, 0) is 38.0 Å². The number of ether oxygens (including phenoxy) is 6. The lowest BCUT2D eigenvalue weighted by molar-refractivity contribution is -0.296. The van der Waals surface area contributed by atoms with Crippen LogP contribution in [0, 0.1) is 0 Å². The zero-order valence-corrected chi connectivity index (χ0v) is 17.4. The van der Waals surface area contributed by atoms with Gasteiger partial charge in [0.1, 0.15) is 37.1 Å². The molecule has 8 heteroatoms. The van der Waals surface area contributed by atoms with E-state index in [-0.39, 0.29) is 31.5 Å². The zero-order valence-electron chi connectivity index (χ0n) is 17.4. The first-order valence-corrected chi connectivity index (χ1v) is 10.1. The molecule has 3 fully saturated rings. The Bertz CT molecular complexity index is 601. The van der Waals surface area contributed by atoms with E-state index in [1.54, 1.807) is 13.8 Å². The second kappa shape index (κ2) is 7.99. The molecule has 0 unspecified atom stereocenters. The number of Topliss-reactive ketones (excluding diaryl/α,β-unsaturated/α-hetero) is 1. The molecule has 0 N–H and O–H groups in total. The van der Waals surface area contributed by atoms with Crippen molar-refractivity contribution in [2.24, 2.45) is 0 Å². The van der Waals surface area contributed by atoms with E-state index < -0.39 is 35.5 Å². The molecular weight excluding hydrogens is 368 g/mol. The summed E-state index contributed by atoms with van der Waals surface area (Å²) < 4.78 is 35.2. The fourth-order valence-corrected chi connectivity index (χ4v) is 4.00. The van der Waals surface area contributed by atoms with Gasteiger partial charge in [-0.3, -0.25) is 9.59 Å². The molecule has 0 spiro atoms. The van der Waals surface area contributed by atoms with E-state index in [0.717, 1.165) is 19.3 Å². The summed E-state index contributed by atoms with van der Waals surface area (Å²) in [6.07, 6.45) is 1.63. The van der Waals surface area contributed by atoms with Gasteiger partial charge < -0.3 is 28.4 Å². The highest BCUT2D eigenvalue weighted by molar-refractivity contribution is 5.95. The SMILES string of the molecule is CCCCCC(=O)CC(=O)OC[C@@]12OC[C@H]3OC(C)(C)O[C@@H]3[C@@H]1OC(C)(C)O2. The summed E-state index contributed by atoms with van der Waals surface area (Å²) in [5.74, 6) is -3.67. The Balaban J connectivity index is 1.61. The van der Waals surface area contributed by atoms with Crippen LogP contribution in [0.3, 0.4) is 0 Å². The van der Waals surface area contributed by atoms with Crippen molar-refractivity contribution < 1.29 is 38.0 Å². The van der Waals surface area contributed by atoms with Crippen molar-refractivity contribution >= 4 is 11.8 Å². The summed E-state index contributed by atoms with van der Waals surface area (Å²) in [4.78, 5) is 24.1.